The largest absolute Gasteiger partial charge is 0.527 e. The molecule has 0 heterocycles. The van der Waals surface area contributed by atoms with E-state index in [-0.39, 0.29) is 23.9 Å². The number of Topliss-reactive ketones (excluding diaryl/α,β-unsaturated/α-hetero) is 1. The van der Waals surface area contributed by atoms with E-state index in [0.717, 1.165) is 12.7 Å². The number of nitrogens with one attached hydrogen (secondary N) is 1. The van der Waals surface area contributed by atoms with Crippen molar-refractivity contribution in [2.24, 2.45) is 5.92 Å². The van der Waals surface area contributed by atoms with Gasteiger partial charge in [0.25, 0.3) is 0 Å². The number of benzene rings is 1. The molecule has 2 unspecified atom stereocenters. The summed E-state index contributed by atoms with van der Waals surface area (Å²) in [5, 5.41) is 2.51. The molecule has 2 atom stereocenters. The van der Waals surface area contributed by atoms with Crippen molar-refractivity contribution in [3.63, 3.8) is 0 Å². The van der Waals surface area contributed by atoms with E-state index < -0.39 is 20.0 Å². The van der Waals surface area contributed by atoms with Gasteiger partial charge in [-0.05, 0) is 24.1 Å². The molecular formula is C15H22NO7P. The van der Waals surface area contributed by atoms with Crippen molar-refractivity contribution in [2.45, 2.75) is 26.3 Å². The highest BCUT2D eigenvalue weighted by Gasteiger charge is 2.24. The second-order valence-electron chi connectivity index (χ2n) is 5.34. The second kappa shape index (κ2) is 8.82. The zero-order valence-corrected chi connectivity index (χ0v) is 14.9. The number of rotatable bonds is 8. The molecule has 0 radical (unpaired) electrons. The van der Waals surface area contributed by atoms with Gasteiger partial charge in [0.05, 0.1) is 13.2 Å². The van der Waals surface area contributed by atoms with Crippen LogP contribution in [0.2, 0.25) is 0 Å². The number of hydrogen-bond acceptors (Lipinski definition) is 6. The Hall–Kier alpha value is -1.89. The fourth-order valence-electron chi connectivity index (χ4n) is 1.92. The van der Waals surface area contributed by atoms with Gasteiger partial charge in [0.15, 0.2) is 5.78 Å². The van der Waals surface area contributed by atoms with E-state index >= 15 is 0 Å². The van der Waals surface area contributed by atoms with Crippen LogP contribution in [-0.2, 0) is 25.0 Å². The molecule has 8 nitrogen and oxygen atoms in total. The summed E-state index contributed by atoms with van der Waals surface area (Å²) in [4.78, 5) is 32.9. The first-order valence-corrected chi connectivity index (χ1v) is 8.73. The van der Waals surface area contributed by atoms with E-state index in [1.807, 2.05) is 0 Å². The quantitative estimate of drug-likeness (QED) is 0.685. The Morgan fingerprint density at radius 2 is 1.79 bits per heavy atom. The normalized spacial score (nSPS) is 14.6. The van der Waals surface area contributed by atoms with E-state index in [9.17, 15) is 19.0 Å². The monoisotopic (exact) mass is 359 g/mol. The second-order valence-corrected chi connectivity index (χ2v) is 6.82. The van der Waals surface area contributed by atoms with E-state index in [1.165, 1.54) is 19.2 Å². The molecule has 0 saturated carbocycles. The van der Waals surface area contributed by atoms with Crippen molar-refractivity contribution in [1.82, 2.24) is 5.32 Å². The van der Waals surface area contributed by atoms with E-state index in [4.69, 9.17) is 4.52 Å². The van der Waals surface area contributed by atoms with Crippen LogP contribution in [0.1, 0.15) is 19.4 Å². The lowest BCUT2D eigenvalue weighted by atomic mass is 9.96. The van der Waals surface area contributed by atoms with Crippen molar-refractivity contribution >= 4 is 19.7 Å². The number of phosphoric ester groups is 1. The van der Waals surface area contributed by atoms with Crippen molar-refractivity contribution in [3.8, 4) is 5.75 Å². The Labute approximate surface area is 140 Å². The molecule has 0 aliphatic rings. The first kappa shape index (κ1) is 20.2. The molecule has 0 aliphatic heterocycles. The minimum atomic E-state index is -4.12. The van der Waals surface area contributed by atoms with Crippen molar-refractivity contribution in [2.75, 3.05) is 14.2 Å². The number of methoxy groups -OCH3 is 1. The molecule has 1 aromatic rings. The van der Waals surface area contributed by atoms with Gasteiger partial charge in [0.2, 0.25) is 0 Å². The fraction of sp³-hybridized carbons (Fsp3) is 0.467. The Morgan fingerprint density at radius 3 is 2.25 bits per heavy atom. The van der Waals surface area contributed by atoms with Crippen LogP contribution >= 0.6 is 7.82 Å². The molecule has 0 saturated heterocycles. The summed E-state index contributed by atoms with van der Waals surface area (Å²) < 4.78 is 25.0. The predicted octanol–water partition coefficient (Wildman–Crippen LogP) is 2.30. The molecule has 0 bridgehead atoms. The van der Waals surface area contributed by atoms with Crippen molar-refractivity contribution < 1.29 is 32.8 Å². The Bertz CT molecular complexity index is 615. The van der Waals surface area contributed by atoms with Crippen molar-refractivity contribution in [1.29, 1.82) is 0 Å². The summed E-state index contributed by atoms with van der Waals surface area (Å²) in [6.45, 7) is 3.49. The fourth-order valence-corrected chi connectivity index (χ4v) is 2.38. The minimum absolute atomic E-state index is 0.125. The van der Waals surface area contributed by atoms with Gasteiger partial charge in [0.1, 0.15) is 5.75 Å². The van der Waals surface area contributed by atoms with Crippen LogP contribution in [-0.4, -0.2) is 37.0 Å². The van der Waals surface area contributed by atoms with Crippen LogP contribution < -0.4 is 9.84 Å². The maximum absolute atomic E-state index is 12.2. The van der Waals surface area contributed by atoms with Gasteiger partial charge >= 0.3 is 13.9 Å². The molecule has 1 aromatic carbocycles. The van der Waals surface area contributed by atoms with Crippen LogP contribution in [0.25, 0.3) is 0 Å². The molecule has 2 N–H and O–H groups in total. The van der Waals surface area contributed by atoms with Gasteiger partial charge in [-0.25, -0.2) is 9.36 Å². The molecule has 24 heavy (non-hydrogen) atoms. The summed E-state index contributed by atoms with van der Waals surface area (Å²) in [5.41, 5.74) is 0.739. The maximum atomic E-state index is 12.2. The Balaban J connectivity index is 2.84. The predicted molar refractivity (Wildman–Crippen MR) is 86.8 cm³/mol. The van der Waals surface area contributed by atoms with Gasteiger partial charge in [-0.2, -0.15) is 0 Å². The number of phosphoric acid groups is 1. The number of alkyl carbamates (subject to hydrolysis) is 1. The Morgan fingerprint density at radius 1 is 1.21 bits per heavy atom. The maximum Gasteiger partial charge on any atom is 0.527 e. The van der Waals surface area contributed by atoms with Crippen molar-refractivity contribution in [3.05, 3.63) is 29.8 Å². The highest BCUT2D eigenvalue weighted by molar-refractivity contribution is 7.47. The average molecular weight is 359 g/mol. The third kappa shape index (κ3) is 6.31. The van der Waals surface area contributed by atoms with Crippen LogP contribution in [0.3, 0.4) is 0 Å². The zero-order valence-electron chi connectivity index (χ0n) is 14.0. The molecule has 0 aliphatic carbocycles. The minimum Gasteiger partial charge on any atom is -0.453 e. The number of hydrogen-bond donors (Lipinski definition) is 2. The van der Waals surface area contributed by atoms with Crippen LogP contribution in [0, 0.1) is 5.92 Å². The lowest BCUT2D eigenvalue weighted by molar-refractivity contribution is -0.123. The summed E-state index contributed by atoms with van der Waals surface area (Å²) in [6.07, 6.45) is -0.428. The van der Waals surface area contributed by atoms with Crippen LogP contribution in [0.5, 0.6) is 5.75 Å². The van der Waals surface area contributed by atoms with E-state index in [0.29, 0.717) is 0 Å². The first-order chi connectivity index (χ1) is 11.2. The van der Waals surface area contributed by atoms with Gasteiger partial charge in [-0.1, -0.05) is 26.0 Å². The summed E-state index contributed by atoms with van der Waals surface area (Å²) in [6, 6.07) is 5.49. The number of carbonyl (C=O) groups is 2. The van der Waals surface area contributed by atoms with Crippen LogP contribution in [0.15, 0.2) is 24.3 Å². The molecule has 0 spiro atoms. The number of carbonyl (C=O) groups excluding carboxylic acids is 2. The summed E-state index contributed by atoms with van der Waals surface area (Å²) in [7, 11) is -1.83. The smallest absolute Gasteiger partial charge is 0.453 e. The third-order valence-electron chi connectivity index (χ3n) is 3.20. The molecule has 0 aromatic heterocycles. The highest BCUT2D eigenvalue weighted by atomic mass is 31.2. The molecule has 0 fully saturated rings. The van der Waals surface area contributed by atoms with Gasteiger partial charge in [-0.15, -0.1) is 0 Å². The molecular weight excluding hydrogens is 337 g/mol. The van der Waals surface area contributed by atoms with Crippen LogP contribution in [0.4, 0.5) is 4.79 Å². The topological polar surface area (TPSA) is 111 Å². The number of ether oxygens (including phenoxy) is 1. The van der Waals surface area contributed by atoms with Gasteiger partial charge < -0.3 is 14.6 Å². The molecule has 9 heteroatoms. The SMILES string of the molecule is COC(=O)NC(Cc1ccc(OP(=O)(O)OC)cc1)C(=O)C(C)C. The molecule has 134 valence electrons. The lowest BCUT2D eigenvalue weighted by Gasteiger charge is -2.19. The Kier molecular flexibility index (Phi) is 7.41. The number of ketones is 1. The van der Waals surface area contributed by atoms with E-state index in [1.54, 1.807) is 26.0 Å². The lowest BCUT2D eigenvalue weighted by Crippen LogP contribution is -2.44. The third-order valence-corrected chi connectivity index (χ3v) is 4.11. The summed E-state index contributed by atoms with van der Waals surface area (Å²) >= 11 is 0. The summed E-state index contributed by atoms with van der Waals surface area (Å²) in [5.74, 6) is -0.226. The van der Waals surface area contributed by atoms with E-state index in [2.05, 4.69) is 14.6 Å². The zero-order chi connectivity index (χ0) is 18.3. The average Bonchev–Trinajstić information content (AvgIpc) is 2.54. The molecule has 1 amide bonds. The molecule has 1 rings (SSSR count). The first-order valence-electron chi connectivity index (χ1n) is 7.23. The highest BCUT2D eigenvalue weighted by Crippen LogP contribution is 2.42. The standard InChI is InChI=1S/C15H22NO7P/c1-10(2)14(17)13(16-15(18)21-3)9-11-5-7-12(8-6-11)23-24(19,20)22-4/h5-8,10,13H,9H2,1-4H3,(H,16,18)(H,19,20). The van der Waals surface area contributed by atoms with Gasteiger partial charge in [0, 0.05) is 13.0 Å². The number of amides is 1. The van der Waals surface area contributed by atoms with Gasteiger partial charge in [-0.3, -0.25) is 14.2 Å².